The maximum Gasteiger partial charge on any atom is 0.204 e. The van der Waals surface area contributed by atoms with Crippen molar-refractivity contribution in [1.82, 2.24) is 4.98 Å². The molecule has 1 radical (unpaired) electrons. The summed E-state index contributed by atoms with van der Waals surface area (Å²) in [5.41, 5.74) is 0.739. The third kappa shape index (κ3) is 2.28. The first-order valence-corrected chi connectivity index (χ1v) is 5.61. The summed E-state index contributed by atoms with van der Waals surface area (Å²) in [7, 11) is 0. The predicted molar refractivity (Wildman–Crippen MR) is 62.2 cm³/mol. The topological polar surface area (TPSA) is 39.2 Å². The highest BCUT2D eigenvalue weighted by atomic mass is 32.1. The Labute approximate surface area is 97.7 Å². The van der Waals surface area contributed by atoms with Gasteiger partial charge in [-0.2, -0.15) is 0 Å². The van der Waals surface area contributed by atoms with E-state index in [4.69, 9.17) is 4.74 Å². The number of hydrogen-bond acceptors (Lipinski definition) is 4. The fourth-order valence-electron chi connectivity index (χ4n) is 1.17. The summed E-state index contributed by atoms with van der Waals surface area (Å²) >= 11 is 1.27. The summed E-state index contributed by atoms with van der Waals surface area (Å²) < 4.78 is 5.62. The minimum absolute atomic E-state index is 0.0376. The molecule has 3 nitrogen and oxygen atoms in total. The maximum atomic E-state index is 11.2. The van der Waals surface area contributed by atoms with E-state index in [1.807, 2.05) is 19.1 Å². The van der Waals surface area contributed by atoms with E-state index in [-0.39, 0.29) is 5.78 Å². The molecule has 1 aromatic heterocycles. The number of benzene rings is 1. The molecule has 0 amide bonds. The van der Waals surface area contributed by atoms with Gasteiger partial charge in [0.25, 0.3) is 0 Å². The Bertz CT molecular complexity index is 505. The average molecular weight is 232 g/mol. The molecule has 0 fully saturated rings. The molecule has 1 aromatic carbocycles. The molecule has 2 rings (SSSR count). The van der Waals surface area contributed by atoms with Crippen LogP contribution in [0.2, 0.25) is 0 Å². The van der Waals surface area contributed by atoms with Gasteiger partial charge >= 0.3 is 0 Å². The van der Waals surface area contributed by atoms with Gasteiger partial charge in [-0.15, -0.1) is 0 Å². The molecule has 2 aromatic rings. The fourth-order valence-corrected chi connectivity index (χ4v) is 2.01. The number of ether oxygens (including phenoxy) is 1. The largest absolute Gasteiger partial charge is 0.445 e. The number of ketones is 1. The van der Waals surface area contributed by atoms with Crippen molar-refractivity contribution in [2.75, 3.05) is 0 Å². The van der Waals surface area contributed by atoms with Crippen LogP contribution >= 0.6 is 11.3 Å². The molecule has 0 aliphatic carbocycles. The van der Waals surface area contributed by atoms with Crippen LogP contribution in [-0.2, 0) is 0 Å². The molecule has 0 aliphatic heterocycles. The quantitative estimate of drug-likeness (QED) is 0.762. The Morgan fingerprint density at radius 2 is 2.12 bits per heavy atom. The van der Waals surface area contributed by atoms with Crippen molar-refractivity contribution in [3.8, 4) is 10.8 Å². The van der Waals surface area contributed by atoms with Crippen LogP contribution in [0.5, 0.6) is 10.8 Å². The van der Waals surface area contributed by atoms with Gasteiger partial charge in [0.15, 0.2) is 10.8 Å². The van der Waals surface area contributed by atoms with Crippen LogP contribution in [0.15, 0.2) is 24.3 Å². The Morgan fingerprint density at radius 1 is 1.44 bits per heavy atom. The van der Waals surface area contributed by atoms with Crippen molar-refractivity contribution in [2.24, 2.45) is 0 Å². The van der Waals surface area contributed by atoms with Crippen molar-refractivity contribution in [3.63, 3.8) is 0 Å². The van der Waals surface area contributed by atoms with Crippen molar-refractivity contribution >= 4 is 17.1 Å². The molecular formula is C12H10NO2S. The lowest BCUT2D eigenvalue weighted by Crippen LogP contribution is -1.89. The number of aromatic nitrogens is 1. The first kappa shape index (κ1) is 10.8. The van der Waals surface area contributed by atoms with Gasteiger partial charge in [-0.3, -0.25) is 4.79 Å². The van der Waals surface area contributed by atoms with E-state index in [1.54, 1.807) is 12.1 Å². The highest BCUT2D eigenvalue weighted by molar-refractivity contribution is 7.15. The molecule has 0 spiro atoms. The summed E-state index contributed by atoms with van der Waals surface area (Å²) in [4.78, 5) is 15.3. The number of rotatable bonds is 3. The van der Waals surface area contributed by atoms with Crippen LogP contribution in [0, 0.1) is 13.0 Å². The summed E-state index contributed by atoms with van der Waals surface area (Å²) in [6.07, 6.45) is 0. The maximum absolute atomic E-state index is 11.2. The molecule has 1 heterocycles. The molecule has 0 atom stereocenters. The summed E-state index contributed by atoms with van der Waals surface area (Å²) in [6, 6.07) is 10.1. The van der Waals surface area contributed by atoms with Gasteiger partial charge in [0.05, 0.1) is 5.69 Å². The third-order valence-corrected chi connectivity index (χ3v) is 3.09. The number of hydrogen-bond donors (Lipinski definition) is 0. The molecule has 0 saturated carbocycles. The van der Waals surface area contributed by atoms with Crippen molar-refractivity contribution in [3.05, 3.63) is 41.0 Å². The van der Waals surface area contributed by atoms with Crippen LogP contribution in [-0.4, -0.2) is 10.8 Å². The molecule has 16 heavy (non-hydrogen) atoms. The lowest BCUT2D eigenvalue weighted by Gasteiger charge is -2.01. The minimum atomic E-state index is -0.0376. The second kappa shape index (κ2) is 4.45. The van der Waals surface area contributed by atoms with E-state index in [2.05, 4.69) is 11.1 Å². The van der Waals surface area contributed by atoms with E-state index in [1.165, 1.54) is 18.3 Å². The Hall–Kier alpha value is -1.68. The summed E-state index contributed by atoms with van der Waals surface area (Å²) in [5.74, 6) is 0.685. The van der Waals surface area contributed by atoms with Crippen LogP contribution in [0.4, 0.5) is 0 Å². The standard InChI is InChI=1S/C12H10NO2S/c1-8-12(16-11(13-8)9(2)14)15-10-6-4-3-5-7-10/h4-7H,1-2H3. The minimum Gasteiger partial charge on any atom is -0.445 e. The smallest absolute Gasteiger partial charge is 0.204 e. The zero-order valence-electron chi connectivity index (χ0n) is 8.98. The van der Waals surface area contributed by atoms with Gasteiger partial charge in [0.1, 0.15) is 5.75 Å². The first-order chi connectivity index (χ1) is 7.66. The SMILES string of the molecule is CC(=O)c1nc(C)c(Oc2cc[c]cc2)s1. The first-order valence-electron chi connectivity index (χ1n) is 4.79. The van der Waals surface area contributed by atoms with E-state index in [0.717, 1.165) is 11.4 Å². The highest BCUT2D eigenvalue weighted by Crippen LogP contribution is 2.31. The van der Waals surface area contributed by atoms with Crippen molar-refractivity contribution < 1.29 is 9.53 Å². The summed E-state index contributed by atoms with van der Waals surface area (Å²) in [5, 5.41) is 1.14. The molecule has 81 valence electrons. The normalized spacial score (nSPS) is 10.1. The fraction of sp³-hybridized carbons (Fsp3) is 0.167. The van der Waals surface area contributed by atoms with Crippen LogP contribution in [0.1, 0.15) is 22.4 Å². The van der Waals surface area contributed by atoms with E-state index >= 15 is 0 Å². The van der Waals surface area contributed by atoms with Gasteiger partial charge in [0, 0.05) is 6.92 Å². The van der Waals surface area contributed by atoms with Gasteiger partial charge < -0.3 is 4.74 Å². The van der Waals surface area contributed by atoms with Crippen molar-refractivity contribution in [1.29, 1.82) is 0 Å². The molecule has 0 aliphatic rings. The molecule has 0 unspecified atom stereocenters. The number of Topliss-reactive ketones (excluding diaryl/α,β-unsaturated/α-hetero) is 1. The van der Waals surface area contributed by atoms with E-state index < -0.39 is 0 Å². The molecule has 0 saturated heterocycles. The number of nitrogens with zero attached hydrogens (tertiary/aromatic N) is 1. The monoisotopic (exact) mass is 232 g/mol. The van der Waals surface area contributed by atoms with Gasteiger partial charge in [-0.25, -0.2) is 4.98 Å². The van der Waals surface area contributed by atoms with E-state index in [9.17, 15) is 4.79 Å². The number of carbonyl (C=O) groups is 1. The van der Waals surface area contributed by atoms with Gasteiger partial charge in [-0.05, 0) is 25.1 Å². The Morgan fingerprint density at radius 3 is 2.69 bits per heavy atom. The average Bonchev–Trinajstić information content (AvgIpc) is 2.62. The zero-order valence-corrected chi connectivity index (χ0v) is 9.80. The number of carbonyl (C=O) groups excluding carboxylic acids is 1. The predicted octanol–water partition coefficient (Wildman–Crippen LogP) is 3.25. The lowest BCUT2D eigenvalue weighted by atomic mass is 10.3. The van der Waals surface area contributed by atoms with Gasteiger partial charge in [0.2, 0.25) is 5.06 Å². The van der Waals surface area contributed by atoms with Crippen LogP contribution in [0.3, 0.4) is 0 Å². The summed E-state index contributed by atoms with van der Waals surface area (Å²) in [6.45, 7) is 3.33. The molecular weight excluding hydrogens is 222 g/mol. The molecule has 0 bridgehead atoms. The number of aryl methyl sites for hydroxylation is 1. The highest BCUT2D eigenvalue weighted by Gasteiger charge is 2.12. The van der Waals surface area contributed by atoms with Crippen molar-refractivity contribution in [2.45, 2.75) is 13.8 Å². The second-order valence-corrected chi connectivity index (χ2v) is 4.25. The Balaban J connectivity index is 2.25. The molecule has 4 heteroatoms. The van der Waals surface area contributed by atoms with Crippen LogP contribution < -0.4 is 4.74 Å². The van der Waals surface area contributed by atoms with Gasteiger partial charge in [-0.1, -0.05) is 23.5 Å². The lowest BCUT2D eigenvalue weighted by molar-refractivity contribution is 0.101. The second-order valence-electron chi connectivity index (χ2n) is 3.29. The number of thiazole rings is 1. The third-order valence-electron chi connectivity index (χ3n) is 1.95. The van der Waals surface area contributed by atoms with Crippen LogP contribution in [0.25, 0.3) is 0 Å². The van der Waals surface area contributed by atoms with E-state index in [0.29, 0.717) is 10.1 Å². The zero-order chi connectivity index (χ0) is 11.5. The Kier molecular flexibility index (Phi) is 3.01. The molecule has 0 N–H and O–H groups in total.